The fraction of sp³-hybridized carbons (Fsp3) is 1.00. The van der Waals surface area contributed by atoms with E-state index in [4.69, 9.17) is 10.6 Å². The summed E-state index contributed by atoms with van der Waals surface area (Å²) in [6, 6.07) is 0. The lowest BCUT2D eigenvalue weighted by Gasteiger charge is -2.26. The average Bonchev–Trinajstić information content (AvgIpc) is 2.14. The second kappa shape index (κ2) is 6.37. The molecule has 2 N–H and O–H groups in total. The number of ether oxygens (including phenoxy) is 1. The van der Waals surface area contributed by atoms with Gasteiger partial charge in [0.1, 0.15) is 0 Å². The van der Waals surface area contributed by atoms with E-state index < -0.39 is 0 Å². The predicted molar refractivity (Wildman–Crippen MR) is 46.6 cm³/mol. The van der Waals surface area contributed by atoms with Crippen LogP contribution in [0.2, 0.25) is 0 Å². The van der Waals surface area contributed by atoms with E-state index in [1.807, 2.05) is 0 Å². The first kappa shape index (κ1) is 9.92. The number of nitrogens with two attached hydrogens (primary N) is 1. The minimum absolute atomic E-state index is 0.671. The SMILES string of the molecule is NOCCCCN1CCOCC1. The molecule has 1 fully saturated rings. The molecule has 0 aromatic carbocycles. The molecule has 0 bridgehead atoms. The van der Waals surface area contributed by atoms with Gasteiger partial charge in [0, 0.05) is 13.1 Å². The van der Waals surface area contributed by atoms with Crippen molar-refractivity contribution in [2.24, 2.45) is 5.90 Å². The lowest BCUT2D eigenvalue weighted by atomic mass is 10.3. The zero-order valence-electron chi connectivity index (χ0n) is 7.50. The molecule has 4 nitrogen and oxygen atoms in total. The zero-order chi connectivity index (χ0) is 8.65. The van der Waals surface area contributed by atoms with Gasteiger partial charge in [-0.05, 0) is 19.4 Å². The van der Waals surface area contributed by atoms with Crippen LogP contribution in [0.5, 0.6) is 0 Å². The number of unbranched alkanes of at least 4 members (excludes halogenated alkanes) is 1. The molecular weight excluding hydrogens is 156 g/mol. The van der Waals surface area contributed by atoms with Gasteiger partial charge in [0.2, 0.25) is 0 Å². The van der Waals surface area contributed by atoms with Gasteiger partial charge in [0.15, 0.2) is 0 Å². The van der Waals surface area contributed by atoms with Gasteiger partial charge in [-0.25, -0.2) is 5.90 Å². The van der Waals surface area contributed by atoms with Crippen molar-refractivity contribution in [2.75, 3.05) is 39.5 Å². The number of nitrogens with zero attached hydrogens (tertiary/aromatic N) is 1. The molecule has 12 heavy (non-hydrogen) atoms. The van der Waals surface area contributed by atoms with Gasteiger partial charge in [-0.2, -0.15) is 0 Å². The van der Waals surface area contributed by atoms with Crippen molar-refractivity contribution in [2.45, 2.75) is 12.8 Å². The highest BCUT2D eigenvalue weighted by atomic mass is 16.6. The highest BCUT2D eigenvalue weighted by Gasteiger charge is 2.08. The standard InChI is InChI=1S/C8H18N2O2/c9-12-6-2-1-3-10-4-7-11-8-5-10/h1-9H2. The van der Waals surface area contributed by atoms with Crippen LogP contribution in [0, 0.1) is 0 Å². The molecule has 0 saturated carbocycles. The summed E-state index contributed by atoms with van der Waals surface area (Å²) in [6.45, 7) is 5.73. The molecule has 4 heteroatoms. The third kappa shape index (κ3) is 4.01. The first-order valence-corrected chi connectivity index (χ1v) is 4.55. The van der Waals surface area contributed by atoms with Gasteiger partial charge in [-0.15, -0.1) is 0 Å². The van der Waals surface area contributed by atoms with Crippen LogP contribution in [0.3, 0.4) is 0 Å². The van der Waals surface area contributed by atoms with E-state index in [9.17, 15) is 0 Å². The Morgan fingerprint density at radius 1 is 1.25 bits per heavy atom. The summed E-state index contributed by atoms with van der Waals surface area (Å²) < 4.78 is 5.24. The van der Waals surface area contributed by atoms with E-state index in [2.05, 4.69) is 9.74 Å². The van der Waals surface area contributed by atoms with Crippen molar-refractivity contribution in [1.29, 1.82) is 0 Å². The van der Waals surface area contributed by atoms with E-state index in [0.29, 0.717) is 6.61 Å². The fourth-order valence-corrected chi connectivity index (χ4v) is 1.35. The summed E-state index contributed by atoms with van der Waals surface area (Å²) >= 11 is 0. The van der Waals surface area contributed by atoms with Crippen LogP contribution >= 0.6 is 0 Å². The van der Waals surface area contributed by atoms with E-state index in [-0.39, 0.29) is 0 Å². The Bertz CT molecular complexity index is 105. The Kier molecular flexibility index (Phi) is 5.27. The van der Waals surface area contributed by atoms with Crippen LogP contribution in [-0.2, 0) is 9.57 Å². The second-order valence-corrected chi connectivity index (χ2v) is 3.03. The normalized spacial score (nSPS) is 19.8. The van der Waals surface area contributed by atoms with Gasteiger partial charge in [-0.3, -0.25) is 4.90 Å². The molecule has 72 valence electrons. The molecule has 1 aliphatic rings. The summed E-state index contributed by atoms with van der Waals surface area (Å²) in [4.78, 5) is 6.90. The van der Waals surface area contributed by atoms with Gasteiger partial charge >= 0.3 is 0 Å². The molecule has 0 unspecified atom stereocenters. The van der Waals surface area contributed by atoms with E-state index in [1.54, 1.807) is 0 Å². The number of hydrogen-bond acceptors (Lipinski definition) is 4. The largest absolute Gasteiger partial charge is 0.379 e. The van der Waals surface area contributed by atoms with E-state index in [0.717, 1.165) is 45.7 Å². The maximum Gasteiger partial charge on any atom is 0.0679 e. The van der Waals surface area contributed by atoms with Gasteiger partial charge in [-0.1, -0.05) is 0 Å². The summed E-state index contributed by atoms with van der Waals surface area (Å²) in [6.07, 6.45) is 2.21. The highest BCUT2D eigenvalue weighted by Crippen LogP contribution is 1.99. The summed E-state index contributed by atoms with van der Waals surface area (Å²) in [5.74, 6) is 4.91. The van der Waals surface area contributed by atoms with Gasteiger partial charge in [0.25, 0.3) is 0 Å². The Labute approximate surface area is 73.6 Å². The molecule has 0 radical (unpaired) electrons. The lowest BCUT2D eigenvalue weighted by Crippen LogP contribution is -2.36. The van der Waals surface area contributed by atoms with Crippen molar-refractivity contribution in [3.63, 3.8) is 0 Å². The van der Waals surface area contributed by atoms with Crippen LogP contribution < -0.4 is 5.90 Å². The first-order valence-electron chi connectivity index (χ1n) is 4.55. The van der Waals surface area contributed by atoms with E-state index in [1.165, 1.54) is 0 Å². The van der Waals surface area contributed by atoms with Crippen LogP contribution in [0.1, 0.15) is 12.8 Å². The Hall–Kier alpha value is -0.160. The molecule has 0 atom stereocenters. The third-order valence-electron chi connectivity index (χ3n) is 2.09. The van der Waals surface area contributed by atoms with Crippen LogP contribution in [-0.4, -0.2) is 44.4 Å². The van der Waals surface area contributed by atoms with E-state index >= 15 is 0 Å². The Balaban J connectivity index is 1.91. The van der Waals surface area contributed by atoms with Crippen molar-refractivity contribution in [3.8, 4) is 0 Å². The summed E-state index contributed by atoms with van der Waals surface area (Å²) in [5, 5.41) is 0. The van der Waals surface area contributed by atoms with Crippen molar-refractivity contribution in [1.82, 2.24) is 4.90 Å². The fourth-order valence-electron chi connectivity index (χ4n) is 1.35. The van der Waals surface area contributed by atoms with Crippen molar-refractivity contribution >= 4 is 0 Å². The number of hydrogen-bond donors (Lipinski definition) is 1. The molecule has 0 aromatic heterocycles. The summed E-state index contributed by atoms with van der Waals surface area (Å²) in [7, 11) is 0. The molecule has 1 aliphatic heterocycles. The maximum atomic E-state index is 5.24. The molecule has 0 spiro atoms. The molecule has 1 saturated heterocycles. The molecular formula is C8H18N2O2. The Morgan fingerprint density at radius 2 is 2.00 bits per heavy atom. The first-order chi connectivity index (χ1) is 5.93. The maximum absolute atomic E-state index is 5.24. The zero-order valence-corrected chi connectivity index (χ0v) is 7.50. The van der Waals surface area contributed by atoms with Crippen molar-refractivity contribution in [3.05, 3.63) is 0 Å². The van der Waals surface area contributed by atoms with Crippen LogP contribution in [0.25, 0.3) is 0 Å². The monoisotopic (exact) mass is 174 g/mol. The molecule has 1 heterocycles. The molecule has 1 rings (SSSR count). The van der Waals surface area contributed by atoms with Crippen LogP contribution in [0.15, 0.2) is 0 Å². The highest BCUT2D eigenvalue weighted by molar-refractivity contribution is 4.61. The molecule has 0 aromatic rings. The Morgan fingerprint density at radius 3 is 2.67 bits per heavy atom. The van der Waals surface area contributed by atoms with Gasteiger partial charge in [0.05, 0.1) is 19.8 Å². The van der Waals surface area contributed by atoms with Crippen molar-refractivity contribution < 1.29 is 9.57 Å². The van der Waals surface area contributed by atoms with Crippen LogP contribution in [0.4, 0.5) is 0 Å². The third-order valence-corrected chi connectivity index (χ3v) is 2.09. The minimum atomic E-state index is 0.671. The summed E-state index contributed by atoms with van der Waals surface area (Å²) in [5.41, 5.74) is 0. The lowest BCUT2D eigenvalue weighted by molar-refractivity contribution is 0.0357. The number of morpholine rings is 1. The smallest absolute Gasteiger partial charge is 0.0679 e. The minimum Gasteiger partial charge on any atom is -0.379 e. The molecule has 0 aliphatic carbocycles. The molecule has 0 amide bonds. The average molecular weight is 174 g/mol. The topological polar surface area (TPSA) is 47.7 Å². The predicted octanol–water partition coefficient (Wildman–Crippen LogP) is -0.0109. The number of rotatable bonds is 5. The second-order valence-electron chi connectivity index (χ2n) is 3.03. The quantitative estimate of drug-likeness (QED) is 0.470. The van der Waals surface area contributed by atoms with Gasteiger partial charge < -0.3 is 9.57 Å².